The Hall–Kier alpha value is -1.99. The third-order valence-corrected chi connectivity index (χ3v) is 7.25. The molecule has 2 aromatic rings. The highest BCUT2D eigenvalue weighted by atomic mass is 32.1. The Morgan fingerprint density at radius 1 is 1.30 bits per heavy atom. The number of aliphatic imine (C=N–C) groups is 1. The molecule has 0 radical (unpaired) electrons. The molecule has 1 aliphatic carbocycles. The third-order valence-electron chi connectivity index (χ3n) is 6.43. The van der Waals surface area contributed by atoms with Gasteiger partial charge in [0.15, 0.2) is 5.96 Å². The number of nitrogens with one attached hydrogen (secondary N) is 2. The maximum atomic E-state index is 13.6. The first kappa shape index (κ1) is 21.2. The van der Waals surface area contributed by atoms with Crippen LogP contribution < -0.4 is 10.6 Å². The summed E-state index contributed by atoms with van der Waals surface area (Å²) in [5, 5.41) is 10.3. The largest absolute Gasteiger partial charge is 0.356 e. The van der Waals surface area contributed by atoms with Gasteiger partial charge in [-0.1, -0.05) is 12.1 Å². The van der Waals surface area contributed by atoms with E-state index in [2.05, 4.69) is 37.8 Å². The summed E-state index contributed by atoms with van der Waals surface area (Å²) < 4.78 is 13.6. The molecular weight excluding hydrogens is 397 g/mol. The smallest absolute Gasteiger partial charge is 0.191 e. The second-order valence-electron chi connectivity index (χ2n) is 8.67. The first-order chi connectivity index (χ1) is 14.6. The fraction of sp³-hybridized carbons (Fsp3) is 0.565. The number of halogens is 1. The summed E-state index contributed by atoms with van der Waals surface area (Å²) in [5.74, 6) is 1.35. The normalized spacial score (nSPS) is 19.6. The lowest BCUT2D eigenvalue weighted by atomic mass is 9.96. The predicted octanol–water partition coefficient (Wildman–Crippen LogP) is 3.70. The molecule has 0 spiro atoms. The monoisotopic (exact) mass is 429 g/mol. The van der Waals surface area contributed by atoms with E-state index in [4.69, 9.17) is 0 Å². The summed E-state index contributed by atoms with van der Waals surface area (Å²) in [4.78, 5) is 11.5. The summed E-state index contributed by atoms with van der Waals surface area (Å²) in [7, 11) is 1.82. The molecule has 0 amide bonds. The van der Waals surface area contributed by atoms with Crippen molar-refractivity contribution in [2.75, 3.05) is 33.2 Å². The Kier molecular flexibility index (Phi) is 6.68. The van der Waals surface area contributed by atoms with Gasteiger partial charge in [0.25, 0.3) is 0 Å². The van der Waals surface area contributed by atoms with Gasteiger partial charge in [-0.2, -0.15) is 0 Å². The molecule has 2 N–H and O–H groups in total. The van der Waals surface area contributed by atoms with Crippen LogP contribution >= 0.6 is 11.3 Å². The van der Waals surface area contributed by atoms with Crippen LogP contribution in [0.15, 0.2) is 34.6 Å². The van der Waals surface area contributed by atoms with Crippen molar-refractivity contribution in [2.45, 2.75) is 44.6 Å². The maximum Gasteiger partial charge on any atom is 0.191 e. The number of nitrogens with zero attached hydrogens (tertiary/aromatic N) is 3. The second-order valence-corrected chi connectivity index (χ2v) is 9.74. The van der Waals surface area contributed by atoms with Crippen LogP contribution in [0.4, 0.5) is 4.39 Å². The zero-order valence-electron chi connectivity index (χ0n) is 18.0. The minimum absolute atomic E-state index is 0.0547. The van der Waals surface area contributed by atoms with Gasteiger partial charge < -0.3 is 10.6 Å². The van der Waals surface area contributed by atoms with Crippen LogP contribution in [0.25, 0.3) is 0 Å². The summed E-state index contributed by atoms with van der Waals surface area (Å²) in [5.41, 5.74) is 2.35. The van der Waals surface area contributed by atoms with Crippen molar-refractivity contribution in [3.8, 4) is 0 Å². The molecule has 1 aliphatic heterocycles. The average Bonchev–Trinajstić information content (AvgIpc) is 3.44. The Bertz CT molecular complexity index is 868. The van der Waals surface area contributed by atoms with Gasteiger partial charge in [0.05, 0.1) is 10.7 Å². The molecule has 1 aromatic heterocycles. The maximum absolute atomic E-state index is 13.6. The molecule has 162 valence electrons. The highest BCUT2D eigenvalue weighted by Gasteiger charge is 2.44. The van der Waals surface area contributed by atoms with Crippen molar-refractivity contribution >= 4 is 17.3 Å². The van der Waals surface area contributed by atoms with Crippen LogP contribution in [0.5, 0.6) is 0 Å². The van der Waals surface area contributed by atoms with E-state index in [1.165, 1.54) is 24.6 Å². The lowest BCUT2D eigenvalue weighted by molar-refractivity contribution is 0.176. The number of aryl methyl sites for hydroxylation is 1. The van der Waals surface area contributed by atoms with Crippen molar-refractivity contribution < 1.29 is 4.39 Å². The number of likely N-dealkylation sites (tertiary alicyclic amines) is 1. The van der Waals surface area contributed by atoms with E-state index in [-0.39, 0.29) is 11.2 Å². The van der Waals surface area contributed by atoms with Gasteiger partial charge in [-0.15, -0.1) is 11.3 Å². The number of aromatic nitrogens is 1. The first-order valence-electron chi connectivity index (χ1n) is 10.9. The fourth-order valence-corrected chi connectivity index (χ4v) is 4.91. The van der Waals surface area contributed by atoms with Crippen LogP contribution in [0.1, 0.15) is 41.9 Å². The lowest BCUT2D eigenvalue weighted by Gasteiger charge is -2.32. The van der Waals surface area contributed by atoms with Gasteiger partial charge in [0.1, 0.15) is 5.82 Å². The summed E-state index contributed by atoms with van der Waals surface area (Å²) >= 11 is 1.73. The fourth-order valence-electron chi connectivity index (χ4n) is 4.31. The van der Waals surface area contributed by atoms with Crippen molar-refractivity contribution in [3.63, 3.8) is 0 Å². The first-order valence-corrected chi connectivity index (χ1v) is 11.8. The molecule has 2 fully saturated rings. The van der Waals surface area contributed by atoms with Gasteiger partial charge in [0.2, 0.25) is 0 Å². The van der Waals surface area contributed by atoms with Gasteiger partial charge in [-0.25, -0.2) is 9.37 Å². The number of hydrogen-bond donors (Lipinski definition) is 2. The van der Waals surface area contributed by atoms with E-state index in [1.54, 1.807) is 23.5 Å². The van der Waals surface area contributed by atoms with Crippen LogP contribution in [0, 0.1) is 18.7 Å². The van der Waals surface area contributed by atoms with Crippen molar-refractivity contribution in [1.82, 2.24) is 20.5 Å². The molecular formula is C23H32FN5S. The van der Waals surface area contributed by atoms with E-state index in [1.807, 2.05) is 13.1 Å². The van der Waals surface area contributed by atoms with E-state index in [0.717, 1.165) is 62.1 Å². The van der Waals surface area contributed by atoms with Crippen LogP contribution in [0.3, 0.4) is 0 Å². The third kappa shape index (κ3) is 5.38. The molecule has 7 heteroatoms. The topological polar surface area (TPSA) is 52.6 Å². The molecule has 4 rings (SSSR count). The lowest BCUT2D eigenvalue weighted by Crippen LogP contribution is -2.44. The van der Waals surface area contributed by atoms with Gasteiger partial charge in [0, 0.05) is 37.5 Å². The molecule has 0 atom stereocenters. The standard InChI is InChI=1S/C23H32FN5S/c1-17-28-21(15-30-17)14-29-10-6-18(7-11-29)13-26-22(25-2)27-16-23(8-9-23)19-4-3-5-20(24)12-19/h3-5,12,15,18H,6-11,13-14,16H2,1-2H3,(H2,25,26,27). The van der Waals surface area contributed by atoms with Gasteiger partial charge >= 0.3 is 0 Å². The van der Waals surface area contributed by atoms with Crippen molar-refractivity contribution in [2.24, 2.45) is 10.9 Å². The van der Waals surface area contributed by atoms with E-state index in [0.29, 0.717) is 5.92 Å². The number of thiazole rings is 1. The molecule has 1 saturated carbocycles. The summed E-state index contributed by atoms with van der Waals surface area (Å²) in [6.07, 6.45) is 4.58. The van der Waals surface area contributed by atoms with Crippen LogP contribution in [-0.2, 0) is 12.0 Å². The van der Waals surface area contributed by atoms with E-state index < -0.39 is 0 Å². The van der Waals surface area contributed by atoms with Crippen LogP contribution in [0.2, 0.25) is 0 Å². The number of rotatable bonds is 7. The Morgan fingerprint density at radius 3 is 2.73 bits per heavy atom. The molecule has 0 unspecified atom stereocenters. The van der Waals surface area contributed by atoms with Crippen LogP contribution in [-0.4, -0.2) is 49.1 Å². The highest BCUT2D eigenvalue weighted by molar-refractivity contribution is 7.09. The Balaban J connectivity index is 1.19. The number of piperidine rings is 1. The summed E-state index contributed by atoms with van der Waals surface area (Å²) in [6.45, 7) is 7.01. The molecule has 1 aromatic carbocycles. The van der Waals surface area contributed by atoms with E-state index >= 15 is 0 Å². The molecule has 1 saturated heterocycles. The average molecular weight is 430 g/mol. The quantitative estimate of drug-likeness (QED) is 0.521. The molecule has 2 aliphatic rings. The number of benzene rings is 1. The molecule has 0 bridgehead atoms. The zero-order chi connectivity index (χ0) is 21.0. The Morgan fingerprint density at radius 2 is 2.10 bits per heavy atom. The molecule has 30 heavy (non-hydrogen) atoms. The van der Waals surface area contributed by atoms with E-state index in [9.17, 15) is 4.39 Å². The Labute approximate surface area is 182 Å². The number of guanidine groups is 1. The predicted molar refractivity (Wildman–Crippen MR) is 122 cm³/mol. The molecule has 5 nitrogen and oxygen atoms in total. The SMILES string of the molecule is CN=C(NCC1CCN(Cc2csc(C)n2)CC1)NCC1(c2cccc(F)c2)CC1. The zero-order valence-corrected chi connectivity index (χ0v) is 18.8. The second kappa shape index (κ2) is 9.43. The minimum atomic E-state index is -0.155. The van der Waals surface area contributed by atoms with Gasteiger partial charge in [-0.3, -0.25) is 9.89 Å². The highest BCUT2D eigenvalue weighted by Crippen LogP contribution is 2.47. The minimum Gasteiger partial charge on any atom is -0.356 e. The van der Waals surface area contributed by atoms with Crippen molar-refractivity contribution in [3.05, 3.63) is 51.7 Å². The van der Waals surface area contributed by atoms with Crippen molar-refractivity contribution in [1.29, 1.82) is 0 Å². The number of hydrogen-bond acceptors (Lipinski definition) is 4. The molecule has 2 heterocycles. The van der Waals surface area contributed by atoms with Gasteiger partial charge in [-0.05, 0) is 69.3 Å². The summed E-state index contributed by atoms with van der Waals surface area (Å²) in [6, 6.07) is 7.02.